The summed E-state index contributed by atoms with van der Waals surface area (Å²) in [7, 11) is 0. The molecule has 0 aliphatic heterocycles. The molecule has 6 nitrogen and oxygen atoms in total. The quantitative estimate of drug-likeness (QED) is 0.757. The minimum absolute atomic E-state index is 0. The molecule has 0 atom stereocenters. The van der Waals surface area contributed by atoms with Crippen molar-refractivity contribution in [2.45, 2.75) is 13.3 Å². The Hall–Kier alpha value is -1.99. The van der Waals surface area contributed by atoms with Crippen molar-refractivity contribution in [2.75, 3.05) is 19.6 Å². The van der Waals surface area contributed by atoms with Crippen LogP contribution in [0.1, 0.15) is 23.8 Å². The Balaban J connectivity index is 0.00000242. The third kappa shape index (κ3) is 5.09. The zero-order valence-electron chi connectivity index (χ0n) is 12.3. The zero-order chi connectivity index (χ0) is 15.1. The number of amides is 1. The lowest BCUT2D eigenvalue weighted by Crippen LogP contribution is -2.32. The lowest BCUT2D eigenvalue weighted by Gasteiger charge is -2.04. The van der Waals surface area contributed by atoms with E-state index in [1.807, 2.05) is 0 Å². The van der Waals surface area contributed by atoms with Gasteiger partial charge in [0.25, 0.3) is 5.91 Å². The lowest BCUT2D eigenvalue weighted by atomic mass is 10.3. The van der Waals surface area contributed by atoms with Crippen molar-refractivity contribution in [3.63, 3.8) is 0 Å². The summed E-state index contributed by atoms with van der Waals surface area (Å²) in [6, 6.07) is 5.73. The van der Waals surface area contributed by atoms with Crippen LogP contribution in [-0.2, 0) is 0 Å². The van der Waals surface area contributed by atoms with Gasteiger partial charge in [-0.2, -0.15) is 9.90 Å². The van der Waals surface area contributed by atoms with E-state index >= 15 is 0 Å². The maximum atomic E-state index is 12.8. The summed E-state index contributed by atoms with van der Waals surface area (Å²) in [4.78, 5) is 13.2. The number of rotatable bonds is 7. The molecule has 2 rings (SSSR count). The van der Waals surface area contributed by atoms with E-state index in [4.69, 9.17) is 0 Å². The van der Waals surface area contributed by atoms with Gasteiger partial charge >= 0.3 is 0 Å². The van der Waals surface area contributed by atoms with Crippen LogP contribution in [0, 0.1) is 5.82 Å². The molecule has 1 heterocycles. The molecule has 0 aliphatic rings. The van der Waals surface area contributed by atoms with Gasteiger partial charge in [0.1, 0.15) is 5.82 Å². The van der Waals surface area contributed by atoms with E-state index in [1.165, 1.54) is 23.1 Å². The third-order valence-electron chi connectivity index (χ3n) is 2.80. The molecule has 0 aliphatic carbocycles. The van der Waals surface area contributed by atoms with Crippen molar-refractivity contribution in [1.29, 1.82) is 0 Å². The number of nitrogens with zero attached hydrogens (tertiary/aromatic N) is 3. The fourth-order valence-electron chi connectivity index (χ4n) is 1.72. The zero-order valence-corrected chi connectivity index (χ0v) is 13.1. The molecule has 0 saturated heterocycles. The number of aromatic nitrogens is 3. The van der Waals surface area contributed by atoms with Gasteiger partial charge in [-0.25, -0.2) is 4.39 Å². The average Bonchev–Trinajstić information content (AvgIpc) is 2.97. The summed E-state index contributed by atoms with van der Waals surface area (Å²) in [5.74, 6) is -0.606. The first-order chi connectivity index (χ1) is 10.2. The molecule has 120 valence electrons. The highest BCUT2D eigenvalue weighted by Gasteiger charge is 2.10. The molecule has 1 aromatic carbocycles. The van der Waals surface area contributed by atoms with Crippen molar-refractivity contribution < 1.29 is 9.18 Å². The van der Waals surface area contributed by atoms with Crippen LogP contribution in [0.25, 0.3) is 5.69 Å². The summed E-state index contributed by atoms with van der Waals surface area (Å²) >= 11 is 0. The predicted molar refractivity (Wildman–Crippen MR) is 84.1 cm³/mol. The maximum Gasteiger partial charge on any atom is 0.273 e. The molecular formula is C14H19ClFN5O. The Kier molecular flexibility index (Phi) is 7.48. The summed E-state index contributed by atoms with van der Waals surface area (Å²) in [5.41, 5.74) is 0.829. The van der Waals surface area contributed by atoms with Crippen LogP contribution in [0.5, 0.6) is 0 Å². The van der Waals surface area contributed by atoms with Crippen LogP contribution in [0.2, 0.25) is 0 Å². The molecule has 0 unspecified atom stereocenters. The first kappa shape index (κ1) is 18.1. The fraction of sp³-hybridized carbons (Fsp3) is 0.357. The maximum absolute atomic E-state index is 12.8. The molecular weight excluding hydrogens is 309 g/mol. The van der Waals surface area contributed by atoms with Crippen LogP contribution in [-0.4, -0.2) is 40.5 Å². The largest absolute Gasteiger partial charge is 0.349 e. The molecule has 2 N–H and O–H groups in total. The molecule has 22 heavy (non-hydrogen) atoms. The Bertz CT molecular complexity index is 587. The summed E-state index contributed by atoms with van der Waals surface area (Å²) in [6.45, 7) is 4.25. The number of carbonyl (C=O) groups is 1. The normalized spacial score (nSPS) is 10.1. The highest BCUT2D eigenvalue weighted by molar-refractivity contribution is 5.91. The molecule has 1 amide bonds. The fourth-order valence-corrected chi connectivity index (χ4v) is 1.72. The Morgan fingerprint density at radius 1 is 1.23 bits per heavy atom. The van der Waals surface area contributed by atoms with Crippen LogP contribution >= 0.6 is 12.4 Å². The van der Waals surface area contributed by atoms with Crippen molar-refractivity contribution in [2.24, 2.45) is 0 Å². The van der Waals surface area contributed by atoms with E-state index in [0.717, 1.165) is 13.0 Å². The number of halogens is 2. The van der Waals surface area contributed by atoms with Gasteiger partial charge in [-0.15, -0.1) is 17.5 Å². The summed E-state index contributed by atoms with van der Waals surface area (Å²) in [6.07, 6.45) is 2.44. The molecule has 0 fully saturated rings. The molecule has 0 saturated carbocycles. The van der Waals surface area contributed by atoms with Gasteiger partial charge in [-0.05, 0) is 37.2 Å². The molecule has 8 heteroatoms. The highest BCUT2D eigenvalue weighted by Crippen LogP contribution is 2.06. The smallest absolute Gasteiger partial charge is 0.273 e. The van der Waals surface area contributed by atoms with Gasteiger partial charge in [-0.1, -0.05) is 6.92 Å². The van der Waals surface area contributed by atoms with Crippen molar-refractivity contribution in [3.8, 4) is 5.69 Å². The lowest BCUT2D eigenvalue weighted by molar-refractivity contribution is 0.0948. The van der Waals surface area contributed by atoms with E-state index in [0.29, 0.717) is 18.8 Å². The molecule has 1 aromatic heterocycles. The highest BCUT2D eigenvalue weighted by atomic mass is 35.5. The van der Waals surface area contributed by atoms with E-state index in [-0.39, 0.29) is 29.8 Å². The van der Waals surface area contributed by atoms with E-state index in [1.54, 1.807) is 12.1 Å². The molecule has 0 radical (unpaired) electrons. The van der Waals surface area contributed by atoms with Crippen LogP contribution in [0.4, 0.5) is 4.39 Å². The third-order valence-corrected chi connectivity index (χ3v) is 2.80. The van der Waals surface area contributed by atoms with E-state index in [9.17, 15) is 9.18 Å². The van der Waals surface area contributed by atoms with Crippen LogP contribution in [0.3, 0.4) is 0 Å². The van der Waals surface area contributed by atoms with Crippen LogP contribution < -0.4 is 10.6 Å². The SMILES string of the molecule is CCCNCCNC(=O)c1cnn(-c2ccc(F)cc2)n1.Cl. The summed E-state index contributed by atoms with van der Waals surface area (Å²) in [5, 5.41) is 14.0. The standard InChI is InChI=1S/C14H18FN5O.ClH/c1-2-7-16-8-9-17-14(21)13-10-18-20(19-13)12-5-3-11(15)4-6-12;/h3-6,10,16H,2,7-9H2,1H3,(H,17,21);1H. The first-order valence-electron chi connectivity index (χ1n) is 6.88. The van der Waals surface area contributed by atoms with Gasteiger partial charge in [0.15, 0.2) is 5.69 Å². The predicted octanol–water partition coefficient (Wildman–Crippen LogP) is 1.56. The summed E-state index contributed by atoms with van der Waals surface area (Å²) < 4.78 is 12.8. The average molecular weight is 328 g/mol. The Morgan fingerprint density at radius 2 is 1.95 bits per heavy atom. The Morgan fingerprint density at radius 3 is 2.64 bits per heavy atom. The minimum Gasteiger partial charge on any atom is -0.349 e. The first-order valence-corrected chi connectivity index (χ1v) is 6.88. The minimum atomic E-state index is -0.330. The van der Waals surface area contributed by atoms with Crippen molar-refractivity contribution in [3.05, 3.63) is 42.0 Å². The van der Waals surface area contributed by atoms with Crippen molar-refractivity contribution in [1.82, 2.24) is 25.6 Å². The topological polar surface area (TPSA) is 71.8 Å². The number of nitrogens with one attached hydrogen (secondary N) is 2. The second-order valence-corrected chi connectivity index (χ2v) is 4.50. The monoisotopic (exact) mass is 327 g/mol. The van der Waals surface area contributed by atoms with Gasteiger partial charge in [0, 0.05) is 13.1 Å². The van der Waals surface area contributed by atoms with Gasteiger partial charge < -0.3 is 10.6 Å². The molecule has 2 aromatic rings. The van der Waals surface area contributed by atoms with Crippen LogP contribution in [0.15, 0.2) is 30.5 Å². The Labute approximate surface area is 134 Å². The van der Waals surface area contributed by atoms with Gasteiger partial charge in [-0.3, -0.25) is 4.79 Å². The number of benzene rings is 1. The van der Waals surface area contributed by atoms with Gasteiger partial charge in [0.2, 0.25) is 0 Å². The second-order valence-electron chi connectivity index (χ2n) is 4.50. The number of hydrogen-bond donors (Lipinski definition) is 2. The molecule has 0 bridgehead atoms. The van der Waals surface area contributed by atoms with Crippen molar-refractivity contribution >= 4 is 18.3 Å². The second kappa shape index (κ2) is 9.11. The van der Waals surface area contributed by atoms with E-state index < -0.39 is 0 Å². The number of hydrogen-bond acceptors (Lipinski definition) is 4. The van der Waals surface area contributed by atoms with E-state index in [2.05, 4.69) is 27.8 Å². The molecule has 0 spiro atoms. The number of carbonyl (C=O) groups excluding carboxylic acids is 1. The van der Waals surface area contributed by atoms with Gasteiger partial charge in [0.05, 0.1) is 11.9 Å².